The summed E-state index contributed by atoms with van der Waals surface area (Å²) in [5.41, 5.74) is 6.63. The molecule has 1 aliphatic rings. The zero-order valence-electron chi connectivity index (χ0n) is 10.6. The molecular weight excluding hydrogens is 246 g/mol. The highest BCUT2D eigenvalue weighted by Gasteiger charge is 2.28. The van der Waals surface area contributed by atoms with Gasteiger partial charge in [-0.15, -0.1) is 11.8 Å². The number of carbonyl (C=O) groups excluding carboxylic acids is 1. The third-order valence-corrected chi connectivity index (χ3v) is 3.88. The number of nitrogens with two attached hydrogens (primary N) is 1. The minimum Gasteiger partial charge on any atom is -0.330 e. The molecule has 5 heteroatoms. The van der Waals surface area contributed by atoms with Crippen LogP contribution >= 0.6 is 11.8 Å². The highest BCUT2D eigenvalue weighted by atomic mass is 32.2. The molecule has 2 amide bonds. The number of hydrogen-bond acceptors (Lipinski definition) is 3. The molecule has 1 heterocycles. The fourth-order valence-corrected chi connectivity index (χ4v) is 2.50. The first-order valence-electron chi connectivity index (χ1n) is 6.14. The van der Waals surface area contributed by atoms with Crippen molar-refractivity contribution in [3.63, 3.8) is 0 Å². The summed E-state index contributed by atoms with van der Waals surface area (Å²) in [6.45, 7) is 2.09. The number of nitrogens with one attached hydrogen (secondary N) is 1. The van der Waals surface area contributed by atoms with E-state index in [0.717, 1.165) is 25.1 Å². The Hall–Kier alpha value is -1.20. The monoisotopic (exact) mass is 265 g/mol. The Morgan fingerprint density at radius 2 is 2.17 bits per heavy atom. The second-order valence-electron chi connectivity index (χ2n) is 4.36. The van der Waals surface area contributed by atoms with E-state index in [0.29, 0.717) is 6.54 Å². The van der Waals surface area contributed by atoms with E-state index in [2.05, 4.69) is 35.8 Å². The van der Waals surface area contributed by atoms with E-state index in [1.165, 1.54) is 4.90 Å². The lowest BCUT2D eigenvalue weighted by Crippen LogP contribution is -2.30. The summed E-state index contributed by atoms with van der Waals surface area (Å²) < 4.78 is 0. The van der Waals surface area contributed by atoms with Gasteiger partial charge in [0, 0.05) is 18.0 Å². The van der Waals surface area contributed by atoms with Gasteiger partial charge in [0.1, 0.15) is 0 Å². The van der Waals surface area contributed by atoms with E-state index >= 15 is 0 Å². The molecule has 1 atom stereocenters. The fourth-order valence-electron chi connectivity index (χ4n) is 2.09. The average molecular weight is 265 g/mol. The van der Waals surface area contributed by atoms with Gasteiger partial charge in [-0.05, 0) is 36.9 Å². The summed E-state index contributed by atoms with van der Waals surface area (Å²) in [6.07, 6.45) is 2.91. The van der Waals surface area contributed by atoms with Gasteiger partial charge in [0.2, 0.25) is 0 Å². The lowest BCUT2D eigenvalue weighted by atomic mass is 10.1. The van der Waals surface area contributed by atoms with Crippen LogP contribution in [0.25, 0.3) is 0 Å². The number of amides is 2. The van der Waals surface area contributed by atoms with Gasteiger partial charge in [-0.3, -0.25) is 0 Å². The van der Waals surface area contributed by atoms with Crippen LogP contribution in [0.15, 0.2) is 29.2 Å². The Kier molecular flexibility index (Phi) is 4.49. The standard InChI is InChI=1S/C13H19N3OS/c1-18-11-5-3-10(4-6-11)12-9-16(8-2-7-14)13(17)15-12/h3-6,12H,2,7-9,14H2,1H3,(H,15,17). The Balaban J connectivity index is 2.00. The second-order valence-corrected chi connectivity index (χ2v) is 5.24. The Morgan fingerprint density at radius 1 is 1.44 bits per heavy atom. The molecule has 0 radical (unpaired) electrons. The van der Waals surface area contributed by atoms with Crippen molar-refractivity contribution in [1.29, 1.82) is 0 Å². The molecule has 18 heavy (non-hydrogen) atoms. The molecule has 1 aromatic rings. The summed E-state index contributed by atoms with van der Waals surface area (Å²) >= 11 is 1.72. The Morgan fingerprint density at radius 3 is 2.78 bits per heavy atom. The van der Waals surface area contributed by atoms with Crippen molar-refractivity contribution in [3.05, 3.63) is 29.8 Å². The second kappa shape index (κ2) is 6.11. The largest absolute Gasteiger partial charge is 0.330 e. The first kappa shape index (κ1) is 13.2. The molecule has 4 nitrogen and oxygen atoms in total. The van der Waals surface area contributed by atoms with Crippen LogP contribution in [0.2, 0.25) is 0 Å². The van der Waals surface area contributed by atoms with E-state index in [9.17, 15) is 4.79 Å². The normalized spacial score (nSPS) is 19.1. The number of benzene rings is 1. The average Bonchev–Trinajstić information content (AvgIpc) is 2.78. The van der Waals surface area contributed by atoms with Crippen LogP contribution in [0, 0.1) is 0 Å². The zero-order valence-corrected chi connectivity index (χ0v) is 11.4. The molecule has 0 aromatic heterocycles. The van der Waals surface area contributed by atoms with Gasteiger partial charge in [-0.2, -0.15) is 0 Å². The van der Waals surface area contributed by atoms with Gasteiger partial charge in [0.05, 0.1) is 6.04 Å². The maximum atomic E-state index is 11.8. The van der Waals surface area contributed by atoms with Crippen LogP contribution in [-0.2, 0) is 0 Å². The molecule has 3 N–H and O–H groups in total. The minimum atomic E-state index is 0.0161. The molecule has 2 rings (SSSR count). The molecule has 0 aliphatic carbocycles. The first-order chi connectivity index (χ1) is 8.74. The number of carbonyl (C=O) groups is 1. The van der Waals surface area contributed by atoms with E-state index in [1.54, 1.807) is 11.8 Å². The van der Waals surface area contributed by atoms with Gasteiger partial charge in [0.15, 0.2) is 0 Å². The van der Waals surface area contributed by atoms with Crippen molar-refractivity contribution in [3.8, 4) is 0 Å². The highest BCUT2D eigenvalue weighted by molar-refractivity contribution is 7.98. The number of hydrogen-bond donors (Lipinski definition) is 2. The SMILES string of the molecule is CSc1ccc(C2CN(CCCN)C(=O)N2)cc1. The maximum absolute atomic E-state index is 11.8. The van der Waals surface area contributed by atoms with Crippen molar-refractivity contribution in [1.82, 2.24) is 10.2 Å². The van der Waals surface area contributed by atoms with Crippen molar-refractivity contribution in [2.45, 2.75) is 17.4 Å². The summed E-state index contributed by atoms with van der Waals surface area (Å²) in [5.74, 6) is 0. The number of nitrogens with zero attached hydrogens (tertiary/aromatic N) is 1. The highest BCUT2D eigenvalue weighted by Crippen LogP contribution is 2.23. The molecule has 0 spiro atoms. The Labute approximate surface area is 112 Å². The Bertz CT molecular complexity index is 407. The number of thioether (sulfide) groups is 1. The van der Waals surface area contributed by atoms with E-state index in [1.807, 2.05) is 4.90 Å². The minimum absolute atomic E-state index is 0.0161. The molecule has 1 unspecified atom stereocenters. The van der Waals surface area contributed by atoms with Crippen molar-refractivity contribution in [2.24, 2.45) is 5.73 Å². The molecule has 1 aliphatic heterocycles. The van der Waals surface area contributed by atoms with Gasteiger partial charge < -0.3 is 16.0 Å². The van der Waals surface area contributed by atoms with E-state index in [4.69, 9.17) is 5.73 Å². The van der Waals surface area contributed by atoms with Gasteiger partial charge >= 0.3 is 6.03 Å². The summed E-state index contributed by atoms with van der Waals surface area (Å²) in [4.78, 5) is 14.8. The molecular formula is C13H19N3OS. The van der Waals surface area contributed by atoms with Crippen LogP contribution in [0.5, 0.6) is 0 Å². The van der Waals surface area contributed by atoms with Crippen molar-refractivity contribution < 1.29 is 4.79 Å². The topological polar surface area (TPSA) is 58.4 Å². The number of rotatable bonds is 5. The van der Waals surface area contributed by atoms with Crippen molar-refractivity contribution >= 4 is 17.8 Å². The summed E-state index contributed by atoms with van der Waals surface area (Å²) in [6, 6.07) is 8.48. The molecule has 1 fully saturated rings. The van der Waals surface area contributed by atoms with Crippen LogP contribution < -0.4 is 11.1 Å². The molecule has 0 bridgehead atoms. The van der Waals surface area contributed by atoms with Gasteiger partial charge in [0.25, 0.3) is 0 Å². The van der Waals surface area contributed by atoms with E-state index in [-0.39, 0.29) is 12.1 Å². The molecule has 98 valence electrons. The lowest BCUT2D eigenvalue weighted by Gasteiger charge is -2.14. The van der Waals surface area contributed by atoms with Crippen LogP contribution in [0.3, 0.4) is 0 Å². The summed E-state index contributed by atoms with van der Waals surface area (Å²) in [7, 11) is 0. The predicted molar refractivity (Wildman–Crippen MR) is 74.7 cm³/mol. The molecule has 1 aromatic carbocycles. The van der Waals surface area contributed by atoms with Crippen LogP contribution in [-0.4, -0.2) is 36.8 Å². The maximum Gasteiger partial charge on any atom is 0.318 e. The number of urea groups is 1. The first-order valence-corrected chi connectivity index (χ1v) is 7.36. The quantitative estimate of drug-likeness (QED) is 0.798. The van der Waals surface area contributed by atoms with Crippen LogP contribution in [0.1, 0.15) is 18.0 Å². The fraction of sp³-hybridized carbons (Fsp3) is 0.462. The molecule has 1 saturated heterocycles. The smallest absolute Gasteiger partial charge is 0.318 e. The van der Waals surface area contributed by atoms with Gasteiger partial charge in [-0.25, -0.2) is 4.79 Å². The summed E-state index contributed by atoms with van der Waals surface area (Å²) in [5, 5.41) is 3.01. The van der Waals surface area contributed by atoms with Crippen LogP contribution in [0.4, 0.5) is 4.79 Å². The lowest BCUT2D eigenvalue weighted by molar-refractivity contribution is 0.217. The van der Waals surface area contributed by atoms with E-state index < -0.39 is 0 Å². The molecule has 0 saturated carbocycles. The zero-order chi connectivity index (χ0) is 13.0. The third-order valence-electron chi connectivity index (χ3n) is 3.14. The van der Waals surface area contributed by atoms with Crippen molar-refractivity contribution in [2.75, 3.05) is 25.9 Å². The van der Waals surface area contributed by atoms with Gasteiger partial charge in [-0.1, -0.05) is 12.1 Å². The predicted octanol–water partition coefficient (Wildman–Crippen LogP) is 1.82. The third kappa shape index (κ3) is 2.97.